The predicted octanol–water partition coefficient (Wildman–Crippen LogP) is 5.77. The molecule has 1 aliphatic heterocycles. The molecule has 3 amide bonds. The molecule has 0 aromatic heterocycles. The fraction of sp³-hybridized carbons (Fsp3) is 0.231. The average Bonchev–Trinajstić information content (AvgIpc) is 3.06. The number of ether oxygens (including phenoxy) is 2. The van der Waals surface area contributed by atoms with Crippen LogP contribution in [0, 0.1) is 0 Å². The van der Waals surface area contributed by atoms with E-state index in [4.69, 9.17) is 21.1 Å². The van der Waals surface area contributed by atoms with Crippen LogP contribution in [0.4, 0.5) is 4.79 Å². The van der Waals surface area contributed by atoms with Crippen molar-refractivity contribution >= 4 is 40.4 Å². The van der Waals surface area contributed by atoms with Crippen LogP contribution < -0.4 is 14.8 Å². The van der Waals surface area contributed by atoms with Gasteiger partial charge in [-0.15, -0.1) is 0 Å². The number of imide groups is 1. The summed E-state index contributed by atoms with van der Waals surface area (Å²) in [5.74, 6) is 0.551. The molecule has 0 radical (unpaired) electrons. The van der Waals surface area contributed by atoms with Gasteiger partial charge in [-0.05, 0) is 59.5 Å². The lowest BCUT2D eigenvalue weighted by Crippen LogP contribution is -2.31. The number of carbonyl (C=O) groups is 2. The zero-order chi connectivity index (χ0) is 23.4. The monoisotopic (exact) mass is 464 g/mol. The summed E-state index contributed by atoms with van der Waals surface area (Å²) >= 11 is 6.54. The number of rotatable bonds is 8. The van der Waals surface area contributed by atoms with Gasteiger partial charge >= 0.3 is 6.03 Å². The van der Waals surface area contributed by atoms with Crippen molar-refractivity contribution in [1.29, 1.82) is 0 Å². The van der Waals surface area contributed by atoms with E-state index >= 15 is 0 Å². The van der Waals surface area contributed by atoms with Gasteiger partial charge in [-0.3, -0.25) is 9.69 Å². The molecule has 6 nitrogen and oxygen atoms in total. The van der Waals surface area contributed by atoms with Gasteiger partial charge < -0.3 is 14.8 Å². The molecule has 7 heteroatoms. The third-order valence-corrected chi connectivity index (χ3v) is 5.53. The summed E-state index contributed by atoms with van der Waals surface area (Å²) < 4.78 is 11.8. The minimum atomic E-state index is -0.417. The van der Waals surface area contributed by atoms with Crippen molar-refractivity contribution in [2.24, 2.45) is 0 Å². The lowest BCUT2D eigenvalue weighted by molar-refractivity contribution is -0.122. The molecule has 0 atom stereocenters. The van der Waals surface area contributed by atoms with E-state index < -0.39 is 6.03 Å². The summed E-state index contributed by atoms with van der Waals surface area (Å²) in [4.78, 5) is 25.8. The number of halogens is 1. The zero-order valence-electron chi connectivity index (χ0n) is 18.6. The Morgan fingerprint density at radius 3 is 2.55 bits per heavy atom. The predicted molar refractivity (Wildman–Crippen MR) is 129 cm³/mol. The number of amides is 3. The van der Waals surface area contributed by atoms with Gasteiger partial charge in [0.25, 0.3) is 5.91 Å². The Labute approximate surface area is 197 Å². The number of fused-ring (bicyclic) bond motifs is 1. The summed E-state index contributed by atoms with van der Waals surface area (Å²) in [6.07, 6.45) is 2.29. The van der Waals surface area contributed by atoms with Crippen molar-refractivity contribution in [3.8, 4) is 11.5 Å². The van der Waals surface area contributed by atoms with Crippen LogP contribution in [-0.2, 0) is 11.4 Å². The van der Waals surface area contributed by atoms with Crippen LogP contribution in [0.2, 0.25) is 5.02 Å². The molecule has 1 saturated heterocycles. The largest absolute Gasteiger partial charge is 0.490 e. The van der Waals surface area contributed by atoms with Crippen molar-refractivity contribution in [3.05, 3.63) is 76.4 Å². The Bertz CT molecular complexity index is 1240. The summed E-state index contributed by atoms with van der Waals surface area (Å²) in [7, 11) is 0. The summed E-state index contributed by atoms with van der Waals surface area (Å²) in [5, 5.41) is 5.28. The highest BCUT2D eigenvalue weighted by atomic mass is 35.5. The molecule has 170 valence electrons. The molecule has 3 aromatic rings. The van der Waals surface area contributed by atoms with Crippen LogP contribution in [0.15, 0.2) is 60.3 Å². The first-order valence-corrected chi connectivity index (χ1v) is 11.3. The van der Waals surface area contributed by atoms with Gasteiger partial charge in [-0.25, -0.2) is 4.79 Å². The van der Waals surface area contributed by atoms with Crippen molar-refractivity contribution in [1.82, 2.24) is 10.2 Å². The second kappa shape index (κ2) is 9.96. The van der Waals surface area contributed by atoms with E-state index in [1.807, 2.05) is 32.0 Å². The maximum absolute atomic E-state index is 12.5. The van der Waals surface area contributed by atoms with Crippen molar-refractivity contribution < 1.29 is 19.1 Å². The number of benzene rings is 3. The molecule has 1 heterocycles. The third kappa shape index (κ3) is 4.96. The number of nitrogens with one attached hydrogen (secondary N) is 1. The van der Waals surface area contributed by atoms with Gasteiger partial charge in [-0.2, -0.15) is 0 Å². The number of carbonyl (C=O) groups excluding carboxylic acids is 2. The number of nitrogens with zero attached hydrogens (tertiary/aromatic N) is 1. The summed E-state index contributed by atoms with van der Waals surface area (Å²) in [5.41, 5.74) is 1.84. The van der Waals surface area contributed by atoms with E-state index in [2.05, 4.69) is 29.6 Å². The van der Waals surface area contributed by atoms with Crippen molar-refractivity contribution in [2.45, 2.75) is 26.9 Å². The molecule has 1 fully saturated rings. The van der Waals surface area contributed by atoms with Gasteiger partial charge in [0.15, 0.2) is 11.5 Å². The molecular weight excluding hydrogens is 440 g/mol. The Morgan fingerprint density at radius 2 is 1.79 bits per heavy atom. The Balaban J connectivity index is 1.58. The highest BCUT2D eigenvalue weighted by Gasteiger charge is 2.32. The van der Waals surface area contributed by atoms with Crippen LogP contribution in [0.3, 0.4) is 0 Å². The van der Waals surface area contributed by atoms with E-state index in [1.165, 1.54) is 4.90 Å². The first-order valence-electron chi connectivity index (χ1n) is 10.9. The third-order valence-electron chi connectivity index (χ3n) is 5.25. The lowest BCUT2D eigenvalue weighted by Gasteiger charge is -2.15. The zero-order valence-corrected chi connectivity index (χ0v) is 19.3. The second-order valence-electron chi connectivity index (χ2n) is 7.68. The minimum absolute atomic E-state index is 0.205. The fourth-order valence-electron chi connectivity index (χ4n) is 3.72. The molecule has 3 aromatic carbocycles. The summed E-state index contributed by atoms with van der Waals surface area (Å²) in [6.45, 7) is 4.89. The lowest BCUT2D eigenvalue weighted by atomic mass is 10.1. The van der Waals surface area contributed by atoms with Gasteiger partial charge in [-0.1, -0.05) is 54.9 Å². The maximum atomic E-state index is 12.5. The molecular formula is C26H25ClN2O4. The average molecular weight is 465 g/mol. The molecule has 0 bridgehead atoms. The molecule has 33 heavy (non-hydrogen) atoms. The first kappa shape index (κ1) is 22.7. The van der Waals surface area contributed by atoms with E-state index in [-0.39, 0.29) is 11.6 Å². The second-order valence-corrected chi connectivity index (χ2v) is 8.09. The number of urea groups is 1. The Kier molecular flexibility index (Phi) is 6.84. The number of hydrogen-bond donors (Lipinski definition) is 1. The first-order chi connectivity index (χ1) is 16.0. The quantitative estimate of drug-likeness (QED) is 0.339. The van der Waals surface area contributed by atoms with E-state index in [0.717, 1.165) is 16.3 Å². The standard InChI is InChI=1S/C26H25ClN2O4/c1-3-11-29-25(30)22(28-26(29)31)14-18-13-21(27)24(23(15-18)32-4-2)33-16-17-9-10-19-7-5-6-8-20(19)12-17/h5-10,12-15H,3-4,11,16H2,1-2H3,(H,28,31)/b22-14+. The Hall–Kier alpha value is -3.51. The van der Waals surface area contributed by atoms with E-state index in [0.29, 0.717) is 48.3 Å². The van der Waals surface area contributed by atoms with Gasteiger partial charge in [0.1, 0.15) is 12.3 Å². The highest BCUT2D eigenvalue weighted by Crippen LogP contribution is 2.38. The van der Waals surface area contributed by atoms with Crippen LogP contribution >= 0.6 is 11.6 Å². The fourth-order valence-corrected chi connectivity index (χ4v) is 4.00. The van der Waals surface area contributed by atoms with Gasteiger partial charge in [0.05, 0.1) is 11.6 Å². The SMILES string of the molecule is CCCN1C(=O)N/C(=C/c2cc(Cl)c(OCc3ccc4ccccc4c3)c(OCC)c2)C1=O. The van der Waals surface area contributed by atoms with Crippen LogP contribution in [-0.4, -0.2) is 30.0 Å². The number of hydrogen-bond acceptors (Lipinski definition) is 4. The molecule has 1 N–H and O–H groups in total. The van der Waals surface area contributed by atoms with E-state index in [1.54, 1.807) is 18.2 Å². The molecule has 0 aliphatic carbocycles. The topological polar surface area (TPSA) is 67.9 Å². The van der Waals surface area contributed by atoms with Gasteiger partial charge in [0.2, 0.25) is 0 Å². The maximum Gasteiger partial charge on any atom is 0.329 e. The van der Waals surface area contributed by atoms with E-state index in [9.17, 15) is 9.59 Å². The highest BCUT2D eigenvalue weighted by molar-refractivity contribution is 6.32. The van der Waals surface area contributed by atoms with Crippen LogP contribution in [0.5, 0.6) is 11.5 Å². The Morgan fingerprint density at radius 1 is 1.00 bits per heavy atom. The van der Waals surface area contributed by atoms with Crippen molar-refractivity contribution in [2.75, 3.05) is 13.2 Å². The van der Waals surface area contributed by atoms with Gasteiger partial charge in [0, 0.05) is 6.54 Å². The molecule has 4 rings (SSSR count). The summed E-state index contributed by atoms with van der Waals surface area (Å²) in [6, 6.07) is 17.3. The molecule has 0 unspecified atom stereocenters. The molecule has 0 saturated carbocycles. The normalized spacial score (nSPS) is 14.8. The van der Waals surface area contributed by atoms with Crippen LogP contribution in [0.1, 0.15) is 31.4 Å². The van der Waals surface area contributed by atoms with Crippen molar-refractivity contribution in [3.63, 3.8) is 0 Å². The smallest absolute Gasteiger partial charge is 0.329 e. The molecule has 0 spiro atoms. The minimum Gasteiger partial charge on any atom is -0.490 e. The van der Waals surface area contributed by atoms with Crippen LogP contribution in [0.25, 0.3) is 16.8 Å². The molecule has 1 aliphatic rings.